The van der Waals surface area contributed by atoms with Crippen molar-refractivity contribution in [3.8, 4) is 0 Å². The minimum absolute atomic E-state index is 0.0812. The second kappa shape index (κ2) is 6.31. The number of nitrogens with one attached hydrogen (secondary N) is 1. The van der Waals surface area contributed by atoms with Crippen molar-refractivity contribution in [3.05, 3.63) is 29.8 Å². The van der Waals surface area contributed by atoms with Gasteiger partial charge < -0.3 is 4.90 Å². The van der Waals surface area contributed by atoms with E-state index in [1.807, 2.05) is 20.8 Å². The molecule has 7 heteroatoms. The summed E-state index contributed by atoms with van der Waals surface area (Å²) in [5.41, 5.74) is 0.506. The Bertz CT molecular complexity index is 741. The molecule has 126 valence electrons. The van der Waals surface area contributed by atoms with Gasteiger partial charge in [-0.05, 0) is 31.9 Å². The molecule has 0 saturated heterocycles. The average Bonchev–Trinajstić information content (AvgIpc) is 2.76. The summed E-state index contributed by atoms with van der Waals surface area (Å²) in [5.74, 6) is 0.420. The fraction of sp³-hybridized carbons (Fsp3) is 0.500. The molecule has 0 aliphatic carbocycles. The van der Waals surface area contributed by atoms with Gasteiger partial charge in [-0.15, -0.1) is 0 Å². The van der Waals surface area contributed by atoms with Gasteiger partial charge in [-0.2, -0.15) is 0 Å². The number of hydrogen-bond acceptors (Lipinski definition) is 4. The second-order valence-corrected chi connectivity index (χ2v) is 7.84. The predicted octanol–water partition coefficient (Wildman–Crippen LogP) is 1.62. The number of fused-ring (bicyclic) bond motifs is 1. The topological polar surface area (TPSA) is 78.8 Å². The minimum Gasteiger partial charge on any atom is -0.341 e. The smallest absolute Gasteiger partial charge is 0.263 e. The Morgan fingerprint density at radius 3 is 2.39 bits per heavy atom. The Labute approximate surface area is 137 Å². The molecule has 1 amide bonds. The summed E-state index contributed by atoms with van der Waals surface area (Å²) >= 11 is 0. The highest BCUT2D eigenvalue weighted by atomic mass is 32.2. The first-order valence-electron chi connectivity index (χ1n) is 7.62. The van der Waals surface area contributed by atoms with Crippen molar-refractivity contribution in [2.45, 2.75) is 44.7 Å². The maximum atomic E-state index is 12.5. The monoisotopic (exact) mass is 337 g/mol. The molecule has 2 atom stereocenters. The Morgan fingerprint density at radius 1 is 1.17 bits per heavy atom. The number of sulfonamides is 1. The zero-order valence-electron chi connectivity index (χ0n) is 14.1. The fourth-order valence-corrected chi connectivity index (χ4v) is 3.66. The number of amidine groups is 1. The number of nitrogens with zero attached hydrogens (tertiary/aromatic N) is 2. The third-order valence-electron chi connectivity index (χ3n) is 4.27. The highest BCUT2D eigenvalue weighted by Crippen LogP contribution is 2.22. The fourth-order valence-electron chi connectivity index (χ4n) is 2.42. The van der Waals surface area contributed by atoms with Gasteiger partial charge in [0.1, 0.15) is 11.9 Å². The predicted molar refractivity (Wildman–Crippen MR) is 89.8 cm³/mol. The quantitative estimate of drug-likeness (QED) is 0.907. The molecule has 0 bridgehead atoms. The van der Waals surface area contributed by atoms with E-state index in [9.17, 15) is 13.2 Å². The van der Waals surface area contributed by atoms with Gasteiger partial charge in [0.25, 0.3) is 10.0 Å². The summed E-state index contributed by atoms with van der Waals surface area (Å²) < 4.78 is 26.5. The number of benzene rings is 1. The summed E-state index contributed by atoms with van der Waals surface area (Å²) in [7, 11) is -1.84. The van der Waals surface area contributed by atoms with Crippen LogP contribution in [0.3, 0.4) is 0 Å². The van der Waals surface area contributed by atoms with Gasteiger partial charge in [0.2, 0.25) is 5.91 Å². The van der Waals surface area contributed by atoms with Gasteiger partial charge in [0, 0.05) is 18.7 Å². The molecule has 0 radical (unpaired) electrons. The molecule has 0 aromatic heterocycles. The third kappa shape index (κ3) is 3.39. The molecule has 1 N–H and O–H groups in total. The van der Waals surface area contributed by atoms with Gasteiger partial charge in [-0.1, -0.05) is 26.0 Å². The first-order chi connectivity index (χ1) is 10.6. The molecule has 0 fully saturated rings. The van der Waals surface area contributed by atoms with Gasteiger partial charge in [0.15, 0.2) is 0 Å². The van der Waals surface area contributed by atoms with Crippen LogP contribution in [0.4, 0.5) is 0 Å². The zero-order valence-corrected chi connectivity index (χ0v) is 14.9. The lowest BCUT2D eigenvalue weighted by molar-refractivity contribution is -0.133. The lowest BCUT2D eigenvalue weighted by Gasteiger charge is -2.29. The Morgan fingerprint density at radius 2 is 1.78 bits per heavy atom. The van der Waals surface area contributed by atoms with E-state index in [0.717, 1.165) is 0 Å². The van der Waals surface area contributed by atoms with E-state index in [4.69, 9.17) is 0 Å². The molecule has 1 aliphatic heterocycles. The van der Waals surface area contributed by atoms with Gasteiger partial charge in [-0.3, -0.25) is 14.5 Å². The molecular weight excluding hydrogens is 314 g/mol. The maximum absolute atomic E-state index is 12.5. The highest BCUT2D eigenvalue weighted by Gasteiger charge is 2.32. The molecule has 23 heavy (non-hydrogen) atoms. The SMILES string of the molecule is CC(C)[C@@H](C)N(C)C(=O)[C@H](C)N=C1NS(=O)(=O)c2ccccc21. The molecular formula is C16H23N3O3S. The molecule has 6 nitrogen and oxygen atoms in total. The number of likely N-dealkylation sites (N-methyl/N-ethyl adjacent to an activating group) is 1. The number of carbonyl (C=O) groups excluding carboxylic acids is 1. The molecule has 1 aromatic carbocycles. The van der Waals surface area contributed by atoms with E-state index in [0.29, 0.717) is 11.5 Å². The van der Waals surface area contributed by atoms with E-state index >= 15 is 0 Å². The molecule has 1 aromatic rings. The number of rotatable bonds is 4. The summed E-state index contributed by atoms with van der Waals surface area (Å²) in [6.45, 7) is 7.75. The van der Waals surface area contributed by atoms with E-state index < -0.39 is 16.1 Å². The van der Waals surface area contributed by atoms with Crippen LogP contribution in [0, 0.1) is 5.92 Å². The summed E-state index contributed by atoms with van der Waals surface area (Å²) in [4.78, 5) is 18.7. The van der Waals surface area contributed by atoms with E-state index in [2.05, 4.69) is 9.71 Å². The van der Waals surface area contributed by atoms with Gasteiger partial charge >= 0.3 is 0 Å². The van der Waals surface area contributed by atoms with Crippen LogP contribution in [0.5, 0.6) is 0 Å². The Balaban J connectivity index is 2.28. The number of carbonyl (C=O) groups is 1. The van der Waals surface area contributed by atoms with E-state index in [1.54, 1.807) is 37.1 Å². The number of amides is 1. The average molecular weight is 337 g/mol. The minimum atomic E-state index is -3.58. The van der Waals surface area contributed by atoms with Crippen LogP contribution >= 0.6 is 0 Å². The van der Waals surface area contributed by atoms with Crippen LogP contribution in [0.2, 0.25) is 0 Å². The van der Waals surface area contributed by atoms with Crippen LogP contribution in [0.15, 0.2) is 34.2 Å². The number of aliphatic imine (C=N–C) groups is 1. The largest absolute Gasteiger partial charge is 0.341 e. The van der Waals surface area contributed by atoms with Crippen LogP contribution in [0.1, 0.15) is 33.3 Å². The van der Waals surface area contributed by atoms with Gasteiger partial charge in [-0.25, -0.2) is 8.42 Å². The zero-order chi connectivity index (χ0) is 17.4. The van der Waals surface area contributed by atoms with Crippen molar-refractivity contribution in [2.24, 2.45) is 10.9 Å². The molecule has 1 aliphatic rings. The van der Waals surface area contributed by atoms with Crippen molar-refractivity contribution >= 4 is 21.8 Å². The van der Waals surface area contributed by atoms with E-state index in [1.165, 1.54) is 6.07 Å². The number of hydrogen-bond donors (Lipinski definition) is 1. The maximum Gasteiger partial charge on any atom is 0.263 e. The summed E-state index contributed by atoms with van der Waals surface area (Å²) in [5, 5.41) is 0. The van der Waals surface area contributed by atoms with Crippen LogP contribution in [-0.2, 0) is 14.8 Å². The van der Waals surface area contributed by atoms with Gasteiger partial charge in [0.05, 0.1) is 4.90 Å². The normalized spacial score (nSPS) is 20.0. The van der Waals surface area contributed by atoms with Crippen LogP contribution in [-0.4, -0.2) is 44.2 Å². The van der Waals surface area contributed by atoms with Crippen molar-refractivity contribution in [2.75, 3.05) is 7.05 Å². The molecule has 1 heterocycles. The molecule has 2 rings (SSSR count). The van der Waals surface area contributed by atoms with Crippen LogP contribution < -0.4 is 4.72 Å². The molecule has 0 saturated carbocycles. The van der Waals surface area contributed by atoms with Crippen LogP contribution in [0.25, 0.3) is 0 Å². The highest BCUT2D eigenvalue weighted by molar-refractivity contribution is 7.90. The molecule has 0 unspecified atom stereocenters. The molecule has 0 spiro atoms. The Kier molecular flexibility index (Phi) is 4.79. The third-order valence-corrected chi connectivity index (χ3v) is 5.66. The van der Waals surface area contributed by atoms with Crippen molar-refractivity contribution in [3.63, 3.8) is 0 Å². The Hall–Kier alpha value is -1.89. The lowest BCUT2D eigenvalue weighted by atomic mass is 10.0. The standard InChI is InChI=1S/C16H23N3O3S/c1-10(2)12(4)19(5)16(20)11(3)17-15-13-8-6-7-9-14(13)23(21,22)18-15/h6-12H,1-5H3,(H,17,18)/t11-,12+/m0/s1. The lowest BCUT2D eigenvalue weighted by Crippen LogP contribution is -2.43. The van der Waals surface area contributed by atoms with E-state index in [-0.39, 0.29) is 22.7 Å². The first-order valence-corrected chi connectivity index (χ1v) is 9.10. The first kappa shape index (κ1) is 17.5. The second-order valence-electron chi connectivity index (χ2n) is 6.19. The summed E-state index contributed by atoms with van der Waals surface area (Å²) in [6, 6.07) is 6.04. The van der Waals surface area contributed by atoms with Crippen molar-refractivity contribution in [1.29, 1.82) is 0 Å². The van der Waals surface area contributed by atoms with Crippen molar-refractivity contribution in [1.82, 2.24) is 9.62 Å². The van der Waals surface area contributed by atoms with Crippen molar-refractivity contribution < 1.29 is 13.2 Å². The summed E-state index contributed by atoms with van der Waals surface area (Å²) in [6.07, 6.45) is 0.